The number of hydrogen-bond acceptors (Lipinski definition) is 7. The van der Waals surface area contributed by atoms with Crippen molar-refractivity contribution < 1.29 is 17.6 Å². The number of carbonyl (C=O) groups excluding carboxylic acids is 1. The smallest absolute Gasteiger partial charge is 0.322 e. The minimum Gasteiger partial charge on any atom is -0.403 e. The summed E-state index contributed by atoms with van der Waals surface area (Å²) in [5.41, 5.74) is 0.458. The Bertz CT molecular complexity index is 1020. The summed E-state index contributed by atoms with van der Waals surface area (Å²) in [5.74, 6) is 0.0473. The number of carbonyl (C=O) groups is 1. The number of amides is 1. The maximum absolute atomic E-state index is 12.0. The average Bonchev–Trinajstić information content (AvgIpc) is 3.09. The van der Waals surface area contributed by atoms with Crippen LogP contribution in [0.15, 0.2) is 68.8 Å². The van der Waals surface area contributed by atoms with Gasteiger partial charge in [-0.25, -0.2) is 8.42 Å². The van der Waals surface area contributed by atoms with E-state index < -0.39 is 9.84 Å². The van der Waals surface area contributed by atoms with Crippen molar-refractivity contribution in [2.45, 2.75) is 9.79 Å². The molecule has 0 unspecified atom stereocenters. The Balaban J connectivity index is 1.65. The number of anilines is 1. The third-order valence-electron chi connectivity index (χ3n) is 3.29. The third kappa shape index (κ3) is 4.70. The first kappa shape index (κ1) is 18.2. The zero-order valence-electron chi connectivity index (χ0n) is 13.7. The lowest BCUT2D eigenvalue weighted by molar-refractivity contribution is -0.113. The van der Waals surface area contributed by atoms with Gasteiger partial charge in [0, 0.05) is 16.7 Å². The van der Waals surface area contributed by atoms with Crippen LogP contribution in [0.3, 0.4) is 0 Å². The van der Waals surface area contributed by atoms with Crippen molar-refractivity contribution in [2.24, 2.45) is 0 Å². The summed E-state index contributed by atoms with van der Waals surface area (Å²) in [7, 11) is -3.34. The predicted octanol–water partition coefficient (Wildman–Crippen LogP) is 2.87. The van der Waals surface area contributed by atoms with Crippen LogP contribution in [0, 0.1) is 0 Å². The first-order valence-corrected chi connectivity index (χ1v) is 10.4. The van der Waals surface area contributed by atoms with Gasteiger partial charge in [-0.1, -0.05) is 29.4 Å². The molecular formula is C17H15N3O4S2. The Morgan fingerprint density at radius 1 is 1.12 bits per heavy atom. The van der Waals surface area contributed by atoms with Gasteiger partial charge in [-0.15, -0.1) is 16.9 Å². The molecule has 0 aliphatic heterocycles. The van der Waals surface area contributed by atoms with Gasteiger partial charge in [0.05, 0.1) is 10.6 Å². The van der Waals surface area contributed by atoms with E-state index >= 15 is 0 Å². The number of nitrogens with one attached hydrogen (secondary N) is 1. The SMILES string of the molecule is CS(=O)(=O)c1cccc(-c2nnc(NC(=O)CSc3ccccc3)o2)c1. The molecule has 1 heterocycles. The van der Waals surface area contributed by atoms with E-state index in [4.69, 9.17) is 4.42 Å². The Labute approximate surface area is 154 Å². The van der Waals surface area contributed by atoms with Gasteiger partial charge in [0.25, 0.3) is 0 Å². The van der Waals surface area contributed by atoms with Gasteiger partial charge in [-0.05, 0) is 30.3 Å². The predicted molar refractivity (Wildman–Crippen MR) is 98.6 cm³/mol. The fourth-order valence-electron chi connectivity index (χ4n) is 2.07. The molecule has 7 nitrogen and oxygen atoms in total. The summed E-state index contributed by atoms with van der Waals surface area (Å²) >= 11 is 1.39. The van der Waals surface area contributed by atoms with Crippen molar-refractivity contribution >= 4 is 33.5 Å². The molecule has 9 heteroatoms. The summed E-state index contributed by atoms with van der Waals surface area (Å²) in [6.07, 6.45) is 1.12. The van der Waals surface area contributed by atoms with Gasteiger partial charge in [-0.2, -0.15) is 0 Å². The molecule has 0 aliphatic carbocycles. The lowest BCUT2D eigenvalue weighted by atomic mass is 10.2. The van der Waals surface area contributed by atoms with Crippen molar-refractivity contribution in [1.82, 2.24) is 10.2 Å². The Hall–Kier alpha value is -2.65. The highest BCUT2D eigenvalue weighted by atomic mass is 32.2. The van der Waals surface area contributed by atoms with Crippen LogP contribution in [-0.2, 0) is 14.6 Å². The summed E-state index contributed by atoms with van der Waals surface area (Å²) in [4.78, 5) is 13.1. The number of aromatic nitrogens is 2. The number of hydrogen-bond donors (Lipinski definition) is 1. The standard InChI is InChI=1S/C17H15N3O4S2/c1-26(22,23)14-9-5-6-12(10-14)16-19-20-17(24-16)18-15(21)11-25-13-7-3-2-4-8-13/h2-10H,11H2,1H3,(H,18,20,21). The zero-order valence-corrected chi connectivity index (χ0v) is 15.4. The van der Waals surface area contributed by atoms with Crippen LogP contribution in [0.5, 0.6) is 0 Å². The number of rotatable bonds is 6. The van der Waals surface area contributed by atoms with Gasteiger partial charge in [-0.3, -0.25) is 10.1 Å². The molecule has 1 aromatic heterocycles. The van der Waals surface area contributed by atoms with E-state index in [1.54, 1.807) is 12.1 Å². The molecule has 0 saturated heterocycles. The van der Waals surface area contributed by atoms with E-state index in [1.165, 1.54) is 23.9 Å². The van der Waals surface area contributed by atoms with Crippen molar-refractivity contribution in [1.29, 1.82) is 0 Å². The van der Waals surface area contributed by atoms with Gasteiger partial charge in [0.2, 0.25) is 11.8 Å². The summed E-state index contributed by atoms with van der Waals surface area (Å²) in [6.45, 7) is 0. The van der Waals surface area contributed by atoms with Crippen LogP contribution >= 0.6 is 11.8 Å². The molecule has 0 bridgehead atoms. The highest BCUT2D eigenvalue weighted by Crippen LogP contribution is 2.23. The number of nitrogens with zero attached hydrogens (tertiary/aromatic N) is 2. The molecule has 0 saturated carbocycles. The van der Waals surface area contributed by atoms with Crippen molar-refractivity contribution in [3.05, 3.63) is 54.6 Å². The summed E-state index contributed by atoms with van der Waals surface area (Å²) < 4.78 is 28.7. The molecule has 0 aliphatic rings. The van der Waals surface area contributed by atoms with Crippen LogP contribution in [0.4, 0.5) is 6.01 Å². The average molecular weight is 389 g/mol. The first-order valence-electron chi connectivity index (χ1n) is 7.53. The monoisotopic (exact) mass is 389 g/mol. The first-order chi connectivity index (χ1) is 12.4. The van der Waals surface area contributed by atoms with Crippen molar-refractivity contribution in [2.75, 3.05) is 17.3 Å². The van der Waals surface area contributed by atoms with Crippen molar-refractivity contribution in [3.8, 4) is 11.5 Å². The maximum Gasteiger partial charge on any atom is 0.322 e. The van der Waals surface area contributed by atoms with Crippen LogP contribution in [0.25, 0.3) is 11.5 Å². The molecule has 2 aromatic carbocycles. The largest absolute Gasteiger partial charge is 0.403 e. The number of thioether (sulfide) groups is 1. The second-order valence-electron chi connectivity index (χ2n) is 5.36. The molecule has 1 amide bonds. The number of benzene rings is 2. The van der Waals surface area contributed by atoms with E-state index in [2.05, 4.69) is 15.5 Å². The summed E-state index contributed by atoms with van der Waals surface area (Å²) in [5, 5.41) is 10.1. The molecule has 0 fully saturated rings. The fraction of sp³-hybridized carbons (Fsp3) is 0.118. The van der Waals surface area contributed by atoms with Gasteiger partial charge in [0.15, 0.2) is 9.84 Å². The van der Waals surface area contributed by atoms with Crippen LogP contribution in [-0.4, -0.2) is 36.5 Å². The van der Waals surface area contributed by atoms with E-state index in [-0.39, 0.29) is 28.5 Å². The number of sulfone groups is 1. The molecule has 1 N–H and O–H groups in total. The fourth-order valence-corrected chi connectivity index (χ4v) is 3.46. The molecule has 0 radical (unpaired) electrons. The quantitative estimate of drug-likeness (QED) is 0.647. The highest BCUT2D eigenvalue weighted by molar-refractivity contribution is 8.00. The van der Waals surface area contributed by atoms with Gasteiger partial charge >= 0.3 is 6.01 Å². The molecular weight excluding hydrogens is 374 g/mol. The lowest BCUT2D eigenvalue weighted by Gasteiger charge is -2.01. The second kappa shape index (κ2) is 7.71. The van der Waals surface area contributed by atoms with E-state index in [0.29, 0.717) is 5.56 Å². The van der Waals surface area contributed by atoms with Crippen molar-refractivity contribution in [3.63, 3.8) is 0 Å². The van der Waals surface area contributed by atoms with E-state index in [0.717, 1.165) is 11.2 Å². The maximum atomic E-state index is 12.0. The molecule has 0 spiro atoms. The highest BCUT2D eigenvalue weighted by Gasteiger charge is 2.14. The topological polar surface area (TPSA) is 102 Å². The Kier molecular flexibility index (Phi) is 5.38. The third-order valence-corrected chi connectivity index (χ3v) is 5.42. The molecule has 0 atom stereocenters. The second-order valence-corrected chi connectivity index (χ2v) is 8.43. The van der Waals surface area contributed by atoms with Crippen LogP contribution < -0.4 is 5.32 Å². The molecule has 134 valence electrons. The molecule has 3 rings (SSSR count). The Morgan fingerprint density at radius 2 is 1.88 bits per heavy atom. The van der Waals surface area contributed by atoms with Crippen LogP contribution in [0.1, 0.15) is 0 Å². The Morgan fingerprint density at radius 3 is 2.62 bits per heavy atom. The summed E-state index contributed by atoms with van der Waals surface area (Å²) in [6, 6.07) is 15.7. The molecule has 26 heavy (non-hydrogen) atoms. The van der Waals surface area contributed by atoms with Gasteiger partial charge in [0.1, 0.15) is 0 Å². The minimum atomic E-state index is -3.34. The minimum absolute atomic E-state index is 0.0385. The van der Waals surface area contributed by atoms with E-state index in [1.807, 2.05) is 30.3 Å². The van der Waals surface area contributed by atoms with Crippen LogP contribution in [0.2, 0.25) is 0 Å². The zero-order chi connectivity index (χ0) is 18.6. The van der Waals surface area contributed by atoms with E-state index in [9.17, 15) is 13.2 Å². The lowest BCUT2D eigenvalue weighted by Crippen LogP contribution is -2.14. The normalized spacial score (nSPS) is 11.3. The molecule has 3 aromatic rings. The van der Waals surface area contributed by atoms with Gasteiger partial charge < -0.3 is 4.42 Å².